The monoisotopic (exact) mass is 553 g/mol. The van der Waals surface area contributed by atoms with Crippen molar-refractivity contribution < 1.29 is 27.5 Å². The van der Waals surface area contributed by atoms with Crippen LogP contribution < -0.4 is 19.1 Å². The number of anilines is 1. The third-order valence-electron chi connectivity index (χ3n) is 6.40. The third-order valence-corrected chi connectivity index (χ3v) is 8.17. The van der Waals surface area contributed by atoms with E-state index in [0.717, 1.165) is 9.87 Å². The maximum Gasteiger partial charge on any atom is 0.264 e. The van der Waals surface area contributed by atoms with E-state index in [1.807, 2.05) is 37.3 Å². The van der Waals surface area contributed by atoms with Crippen LogP contribution in [0.15, 0.2) is 83.8 Å². The number of hydrogen-bond acceptors (Lipinski definition) is 6. The van der Waals surface area contributed by atoms with Gasteiger partial charge in [-0.3, -0.25) is 13.9 Å². The van der Waals surface area contributed by atoms with Gasteiger partial charge < -0.3 is 19.7 Å². The largest absolute Gasteiger partial charge is 0.497 e. The first-order valence-electron chi connectivity index (χ1n) is 12.6. The standard InChI is InChI=1S/C29H35N3O6S/c1-5-25(29(34)30-2)31(20-19-22-11-7-6-8-12-22)28(33)21-32(26-13-9-10-14-27(26)38-4)39(35,36)24-17-15-23(37-3)16-18-24/h6-18,25H,5,19-21H2,1-4H3,(H,30,34)/t25-/m1/s1. The molecular weight excluding hydrogens is 518 g/mol. The van der Waals surface area contributed by atoms with Gasteiger partial charge in [0.15, 0.2) is 0 Å². The number of rotatable bonds is 13. The molecule has 0 heterocycles. The second kappa shape index (κ2) is 13.7. The van der Waals surface area contributed by atoms with Gasteiger partial charge in [0.05, 0.1) is 24.8 Å². The maximum absolute atomic E-state index is 13.9. The first-order valence-corrected chi connectivity index (χ1v) is 14.1. The van der Waals surface area contributed by atoms with Crippen molar-refractivity contribution in [2.24, 2.45) is 0 Å². The Bertz CT molecular complexity index is 1350. The summed E-state index contributed by atoms with van der Waals surface area (Å²) < 4.78 is 39.5. The van der Waals surface area contributed by atoms with Crippen LogP contribution >= 0.6 is 0 Å². The predicted molar refractivity (Wildman–Crippen MR) is 151 cm³/mol. The molecule has 0 aliphatic carbocycles. The molecule has 0 spiro atoms. The highest BCUT2D eigenvalue weighted by molar-refractivity contribution is 7.92. The lowest BCUT2D eigenvalue weighted by Crippen LogP contribution is -2.52. The molecule has 0 unspecified atom stereocenters. The van der Waals surface area contributed by atoms with Crippen molar-refractivity contribution in [1.29, 1.82) is 0 Å². The van der Waals surface area contributed by atoms with Gasteiger partial charge in [-0.1, -0.05) is 49.4 Å². The molecule has 10 heteroatoms. The quantitative estimate of drug-likeness (QED) is 0.347. The third kappa shape index (κ3) is 7.08. The number of nitrogens with one attached hydrogen (secondary N) is 1. The van der Waals surface area contributed by atoms with E-state index in [-0.39, 0.29) is 28.8 Å². The molecular formula is C29H35N3O6S. The smallest absolute Gasteiger partial charge is 0.264 e. The fourth-order valence-corrected chi connectivity index (χ4v) is 5.71. The van der Waals surface area contributed by atoms with Gasteiger partial charge in [0.2, 0.25) is 11.8 Å². The molecule has 0 aromatic heterocycles. The van der Waals surface area contributed by atoms with Crippen molar-refractivity contribution in [3.05, 3.63) is 84.4 Å². The molecule has 3 aromatic rings. The van der Waals surface area contributed by atoms with E-state index in [0.29, 0.717) is 18.6 Å². The lowest BCUT2D eigenvalue weighted by atomic mass is 10.1. The molecule has 0 saturated carbocycles. The molecule has 1 N–H and O–H groups in total. The molecule has 3 rings (SSSR count). The lowest BCUT2D eigenvalue weighted by Gasteiger charge is -2.33. The number of methoxy groups -OCH3 is 2. The number of likely N-dealkylation sites (N-methyl/N-ethyl adjacent to an activating group) is 1. The van der Waals surface area contributed by atoms with Crippen molar-refractivity contribution in [3.8, 4) is 11.5 Å². The fraction of sp³-hybridized carbons (Fsp3) is 0.310. The summed E-state index contributed by atoms with van der Waals surface area (Å²) in [6, 6.07) is 21.4. The Labute approximate surface area is 230 Å². The number of benzene rings is 3. The minimum absolute atomic E-state index is 0.0174. The number of para-hydroxylation sites is 2. The summed E-state index contributed by atoms with van der Waals surface area (Å²) in [5.41, 5.74) is 1.20. The van der Waals surface area contributed by atoms with E-state index in [1.54, 1.807) is 36.4 Å². The van der Waals surface area contributed by atoms with Gasteiger partial charge >= 0.3 is 0 Å². The second-order valence-corrected chi connectivity index (χ2v) is 10.6. The molecule has 208 valence electrons. The number of sulfonamides is 1. The van der Waals surface area contributed by atoms with Crippen molar-refractivity contribution in [1.82, 2.24) is 10.2 Å². The zero-order valence-electron chi connectivity index (χ0n) is 22.7. The zero-order chi connectivity index (χ0) is 28.4. The van der Waals surface area contributed by atoms with E-state index in [2.05, 4.69) is 5.32 Å². The van der Waals surface area contributed by atoms with E-state index in [4.69, 9.17) is 9.47 Å². The van der Waals surface area contributed by atoms with Crippen LogP contribution in [-0.2, 0) is 26.0 Å². The summed E-state index contributed by atoms with van der Waals surface area (Å²) >= 11 is 0. The first kappa shape index (κ1) is 29.5. The Morgan fingerprint density at radius 2 is 1.54 bits per heavy atom. The second-order valence-electron chi connectivity index (χ2n) is 8.72. The van der Waals surface area contributed by atoms with Crippen molar-refractivity contribution in [3.63, 3.8) is 0 Å². The summed E-state index contributed by atoms with van der Waals surface area (Å²) in [5.74, 6) is -0.0426. The normalized spacial score (nSPS) is 11.8. The Morgan fingerprint density at radius 3 is 2.13 bits per heavy atom. The van der Waals surface area contributed by atoms with E-state index < -0.39 is 28.5 Å². The molecule has 39 heavy (non-hydrogen) atoms. The summed E-state index contributed by atoms with van der Waals surface area (Å²) in [6.07, 6.45) is 0.861. The van der Waals surface area contributed by atoms with Crippen LogP contribution in [-0.4, -0.2) is 65.5 Å². The van der Waals surface area contributed by atoms with Crippen LogP contribution in [0.2, 0.25) is 0 Å². The Kier molecular flexibility index (Phi) is 10.3. The number of hydrogen-bond donors (Lipinski definition) is 1. The highest BCUT2D eigenvalue weighted by Crippen LogP contribution is 2.33. The van der Waals surface area contributed by atoms with Gasteiger partial charge in [0.1, 0.15) is 24.1 Å². The van der Waals surface area contributed by atoms with Crippen LogP contribution in [0.1, 0.15) is 18.9 Å². The van der Waals surface area contributed by atoms with Crippen LogP contribution in [0.25, 0.3) is 0 Å². The summed E-state index contributed by atoms with van der Waals surface area (Å²) in [7, 11) is 0.222. The summed E-state index contributed by atoms with van der Waals surface area (Å²) in [5, 5.41) is 2.62. The Hall–Kier alpha value is -4.05. The molecule has 1 atom stereocenters. The van der Waals surface area contributed by atoms with Crippen molar-refractivity contribution in [2.75, 3.05) is 38.7 Å². The minimum atomic E-state index is -4.22. The molecule has 0 aliphatic rings. The van der Waals surface area contributed by atoms with E-state index in [9.17, 15) is 18.0 Å². The Balaban J connectivity index is 2.04. The van der Waals surface area contributed by atoms with Crippen molar-refractivity contribution in [2.45, 2.75) is 30.7 Å². The first-order chi connectivity index (χ1) is 18.8. The summed E-state index contributed by atoms with van der Waals surface area (Å²) in [6.45, 7) is 1.52. The fourth-order valence-electron chi connectivity index (χ4n) is 4.29. The van der Waals surface area contributed by atoms with Gasteiger partial charge in [-0.2, -0.15) is 0 Å². The van der Waals surface area contributed by atoms with Crippen LogP contribution in [0.4, 0.5) is 5.69 Å². The predicted octanol–water partition coefficient (Wildman–Crippen LogP) is 3.50. The molecule has 0 bridgehead atoms. The maximum atomic E-state index is 13.9. The van der Waals surface area contributed by atoms with Crippen LogP contribution in [0.3, 0.4) is 0 Å². The average molecular weight is 554 g/mol. The molecule has 3 aromatic carbocycles. The van der Waals surface area contributed by atoms with Crippen LogP contribution in [0.5, 0.6) is 11.5 Å². The molecule has 0 aliphatic heterocycles. The molecule has 0 radical (unpaired) electrons. The Morgan fingerprint density at radius 1 is 0.897 bits per heavy atom. The zero-order valence-corrected chi connectivity index (χ0v) is 23.5. The molecule has 2 amide bonds. The molecule has 0 fully saturated rings. The average Bonchev–Trinajstić information content (AvgIpc) is 2.97. The topological polar surface area (TPSA) is 105 Å². The lowest BCUT2D eigenvalue weighted by molar-refractivity contribution is -0.139. The molecule has 0 saturated heterocycles. The van der Waals surface area contributed by atoms with Gasteiger partial charge in [-0.25, -0.2) is 8.42 Å². The van der Waals surface area contributed by atoms with Crippen LogP contribution in [0, 0.1) is 0 Å². The van der Waals surface area contributed by atoms with E-state index in [1.165, 1.54) is 38.3 Å². The highest BCUT2D eigenvalue weighted by Gasteiger charge is 2.34. The number of carbonyl (C=O) groups is 2. The number of ether oxygens (including phenoxy) is 2. The number of carbonyl (C=O) groups excluding carboxylic acids is 2. The molecule has 9 nitrogen and oxygen atoms in total. The summed E-state index contributed by atoms with van der Waals surface area (Å²) in [4.78, 5) is 28.1. The van der Waals surface area contributed by atoms with Gasteiger partial charge in [0, 0.05) is 13.6 Å². The van der Waals surface area contributed by atoms with E-state index >= 15 is 0 Å². The minimum Gasteiger partial charge on any atom is -0.497 e. The highest BCUT2D eigenvalue weighted by atomic mass is 32.2. The van der Waals surface area contributed by atoms with Gasteiger partial charge in [-0.05, 0) is 54.8 Å². The number of amides is 2. The SMILES string of the molecule is CC[C@H](C(=O)NC)N(CCc1ccccc1)C(=O)CN(c1ccccc1OC)S(=O)(=O)c1ccc(OC)cc1. The van der Waals surface area contributed by atoms with Crippen molar-refractivity contribution >= 4 is 27.5 Å². The van der Waals surface area contributed by atoms with Gasteiger partial charge in [0.25, 0.3) is 10.0 Å². The number of nitrogens with zero attached hydrogens (tertiary/aromatic N) is 2. The van der Waals surface area contributed by atoms with Gasteiger partial charge in [-0.15, -0.1) is 0 Å².